The van der Waals surface area contributed by atoms with Crippen molar-refractivity contribution >= 4 is 17.9 Å². The molecule has 1 saturated heterocycles. The number of methoxy groups -OCH3 is 1. The highest BCUT2D eigenvalue weighted by Crippen LogP contribution is 2.19. The maximum absolute atomic E-state index is 11.5. The molecule has 1 aromatic rings. The molecule has 0 aromatic heterocycles. The summed E-state index contributed by atoms with van der Waals surface area (Å²) >= 11 is 0. The molecule has 1 fully saturated rings. The number of carbonyl (C=O) groups excluding carboxylic acids is 1. The van der Waals surface area contributed by atoms with Gasteiger partial charge in [0.2, 0.25) is 0 Å². The number of hydrogen-bond donors (Lipinski definition) is 2. The monoisotopic (exact) mass is 369 g/mol. The molecule has 9 heteroatoms. The standard InChI is InChI=1S/C15H21NO4.C2H2O4/c1-3-19-14(17)12-6-8-13(9-7-12)20-15(18-2)16-10-4-5-11-16;3-1(4)2(5)6/h6-9,15H,3-5,10-11H2,1-2H3;(H,3,4)(H,5,6). The van der Waals surface area contributed by atoms with Crippen molar-refractivity contribution in [2.75, 3.05) is 26.8 Å². The molecule has 0 bridgehead atoms. The highest BCUT2D eigenvalue weighted by Gasteiger charge is 2.23. The topological polar surface area (TPSA) is 123 Å². The van der Waals surface area contributed by atoms with Gasteiger partial charge in [0.15, 0.2) is 0 Å². The average molecular weight is 369 g/mol. The van der Waals surface area contributed by atoms with E-state index in [-0.39, 0.29) is 12.4 Å². The molecule has 1 aliphatic heterocycles. The van der Waals surface area contributed by atoms with Crippen LogP contribution in [0.1, 0.15) is 30.1 Å². The van der Waals surface area contributed by atoms with Gasteiger partial charge >= 0.3 is 17.9 Å². The van der Waals surface area contributed by atoms with Gasteiger partial charge in [0.25, 0.3) is 6.41 Å². The Morgan fingerprint density at radius 2 is 1.62 bits per heavy atom. The molecule has 1 heterocycles. The molecule has 0 saturated carbocycles. The molecule has 2 N–H and O–H groups in total. The zero-order valence-corrected chi connectivity index (χ0v) is 14.7. The van der Waals surface area contributed by atoms with E-state index >= 15 is 0 Å². The number of nitrogens with zero attached hydrogens (tertiary/aromatic N) is 1. The van der Waals surface area contributed by atoms with E-state index in [2.05, 4.69) is 4.90 Å². The second-order valence-electron chi connectivity index (χ2n) is 5.26. The lowest BCUT2D eigenvalue weighted by molar-refractivity contribution is -0.159. The van der Waals surface area contributed by atoms with Crippen molar-refractivity contribution in [1.29, 1.82) is 0 Å². The third-order valence-electron chi connectivity index (χ3n) is 3.43. The molecular weight excluding hydrogens is 346 g/mol. The Hall–Kier alpha value is -2.65. The van der Waals surface area contributed by atoms with E-state index in [0.717, 1.165) is 13.1 Å². The van der Waals surface area contributed by atoms with Gasteiger partial charge in [-0.1, -0.05) is 0 Å². The predicted molar refractivity (Wildman–Crippen MR) is 89.9 cm³/mol. The van der Waals surface area contributed by atoms with Gasteiger partial charge in [-0.2, -0.15) is 0 Å². The van der Waals surface area contributed by atoms with Crippen LogP contribution in [0.15, 0.2) is 24.3 Å². The normalized spacial score (nSPS) is 14.7. The summed E-state index contributed by atoms with van der Waals surface area (Å²) in [5.74, 6) is -3.29. The van der Waals surface area contributed by atoms with Crippen LogP contribution in [0.3, 0.4) is 0 Å². The molecule has 1 unspecified atom stereocenters. The fourth-order valence-electron chi connectivity index (χ4n) is 2.22. The minimum absolute atomic E-state index is 0.318. The van der Waals surface area contributed by atoms with Crippen LogP contribution in [-0.2, 0) is 19.1 Å². The Kier molecular flexibility index (Phi) is 9.10. The lowest BCUT2D eigenvalue weighted by Crippen LogP contribution is -2.38. The lowest BCUT2D eigenvalue weighted by Gasteiger charge is -2.26. The van der Waals surface area contributed by atoms with Crippen LogP contribution < -0.4 is 4.74 Å². The molecule has 0 amide bonds. The van der Waals surface area contributed by atoms with Crippen molar-refractivity contribution in [3.8, 4) is 5.75 Å². The summed E-state index contributed by atoms with van der Waals surface area (Å²) in [6, 6.07) is 6.91. The van der Waals surface area contributed by atoms with Crippen LogP contribution in [0.25, 0.3) is 0 Å². The van der Waals surface area contributed by atoms with E-state index < -0.39 is 11.9 Å². The number of carboxylic acid groups (broad SMARTS) is 2. The number of carbonyl (C=O) groups is 3. The van der Waals surface area contributed by atoms with Crippen LogP contribution in [0.2, 0.25) is 0 Å². The fraction of sp³-hybridized carbons (Fsp3) is 0.471. The summed E-state index contributed by atoms with van der Waals surface area (Å²) in [4.78, 5) is 31.9. The van der Waals surface area contributed by atoms with Gasteiger partial charge in [-0.3, -0.25) is 0 Å². The first-order chi connectivity index (χ1) is 12.4. The summed E-state index contributed by atoms with van der Waals surface area (Å²) in [7, 11) is 1.63. The molecule has 2 rings (SSSR count). The van der Waals surface area contributed by atoms with E-state index in [4.69, 9.17) is 34.0 Å². The SMILES string of the molecule is CCOC(=O)c1ccc(OC(OC)N2CCCC2)cc1.O=C(O)C(=O)O. The number of carboxylic acids is 2. The molecule has 0 radical (unpaired) electrons. The number of hydrogen-bond acceptors (Lipinski definition) is 7. The van der Waals surface area contributed by atoms with Crippen molar-refractivity contribution < 1.29 is 38.8 Å². The highest BCUT2D eigenvalue weighted by molar-refractivity contribution is 6.27. The van der Waals surface area contributed by atoms with Crippen molar-refractivity contribution in [2.24, 2.45) is 0 Å². The maximum Gasteiger partial charge on any atom is 0.414 e. The third-order valence-corrected chi connectivity index (χ3v) is 3.43. The number of ether oxygens (including phenoxy) is 3. The molecule has 0 aliphatic carbocycles. The van der Waals surface area contributed by atoms with Gasteiger partial charge < -0.3 is 24.4 Å². The average Bonchev–Trinajstić information content (AvgIpc) is 3.15. The fourth-order valence-corrected chi connectivity index (χ4v) is 2.22. The minimum Gasteiger partial charge on any atom is -0.473 e. The molecule has 1 atom stereocenters. The molecule has 26 heavy (non-hydrogen) atoms. The van der Waals surface area contributed by atoms with Gasteiger partial charge in [0.05, 0.1) is 12.2 Å². The predicted octanol–water partition coefficient (Wildman–Crippen LogP) is 1.42. The lowest BCUT2D eigenvalue weighted by atomic mass is 10.2. The molecule has 1 aliphatic rings. The molecule has 1 aromatic carbocycles. The summed E-state index contributed by atoms with van der Waals surface area (Å²) in [5.41, 5.74) is 0.523. The smallest absolute Gasteiger partial charge is 0.414 e. The van der Waals surface area contributed by atoms with Crippen LogP contribution >= 0.6 is 0 Å². The van der Waals surface area contributed by atoms with Gasteiger partial charge in [-0.15, -0.1) is 0 Å². The summed E-state index contributed by atoms with van der Waals surface area (Å²) in [6.07, 6.45) is 1.97. The quantitative estimate of drug-likeness (QED) is 0.435. The van der Waals surface area contributed by atoms with Crippen LogP contribution in [0.5, 0.6) is 5.75 Å². The molecule has 9 nitrogen and oxygen atoms in total. The first-order valence-corrected chi connectivity index (χ1v) is 8.06. The maximum atomic E-state index is 11.5. The van der Waals surface area contributed by atoms with Crippen molar-refractivity contribution in [3.05, 3.63) is 29.8 Å². The largest absolute Gasteiger partial charge is 0.473 e. The highest BCUT2D eigenvalue weighted by atomic mass is 16.7. The van der Waals surface area contributed by atoms with Gasteiger partial charge in [-0.05, 0) is 44.0 Å². The van der Waals surface area contributed by atoms with Gasteiger partial charge in [-0.25, -0.2) is 19.3 Å². The zero-order valence-electron chi connectivity index (χ0n) is 14.7. The van der Waals surface area contributed by atoms with E-state index in [9.17, 15) is 4.79 Å². The van der Waals surface area contributed by atoms with Gasteiger partial charge in [0, 0.05) is 20.2 Å². The van der Waals surface area contributed by atoms with Crippen LogP contribution in [0, 0.1) is 0 Å². The Labute approximate surface area is 151 Å². The van der Waals surface area contributed by atoms with E-state index in [1.165, 1.54) is 12.8 Å². The van der Waals surface area contributed by atoms with Crippen LogP contribution in [-0.4, -0.2) is 66.2 Å². The van der Waals surface area contributed by atoms with E-state index in [1.807, 2.05) is 0 Å². The molecule has 0 spiro atoms. The van der Waals surface area contributed by atoms with E-state index in [0.29, 0.717) is 17.9 Å². The Balaban J connectivity index is 0.000000487. The third kappa shape index (κ3) is 7.08. The number of aliphatic carboxylic acids is 2. The number of rotatable bonds is 6. The Morgan fingerprint density at radius 1 is 1.08 bits per heavy atom. The Morgan fingerprint density at radius 3 is 2.04 bits per heavy atom. The van der Waals surface area contributed by atoms with Crippen molar-refractivity contribution in [3.63, 3.8) is 0 Å². The second-order valence-corrected chi connectivity index (χ2v) is 5.26. The first-order valence-electron chi connectivity index (χ1n) is 8.06. The first kappa shape index (κ1) is 21.4. The van der Waals surface area contributed by atoms with Crippen molar-refractivity contribution in [1.82, 2.24) is 4.90 Å². The van der Waals surface area contributed by atoms with Crippen LogP contribution in [0.4, 0.5) is 0 Å². The summed E-state index contributed by atoms with van der Waals surface area (Å²) in [6.45, 7) is 4.13. The minimum atomic E-state index is -1.82. The second kappa shape index (κ2) is 11.1. The number of esters is 1. The number of likely N-dealkylation sites (tertiary alicyclic amines) is 1. The van der Waals surface area contributed by atoms with E-state index in [1.54, 1.807) is 38.3 Å². The summed E-state index contributed by atoms with van der Waals surface area (Å²) < 4.78 is 16.1. The number of benzene rings is 1. The Bertz CT molecular complexity index is 583. The van der Waals surface area contributed by atoms with Gasteiger partial charge in [0.1, 0.15) is 5.75 Å². The van der Waals surface area contributed by atoms with Crippen molar-refractivity contribution in [2.45, 2.75) is 26.2 Å². The zero-order chi connectivity index (χ0) is 19.5. The molecular formula is C17H23NO8. The summed E-state index contributed by atoms with van der Waals surface area (Å²) in [5, 5.41) is 14.8. The molecule has 144 valence electrons.